The van der Waals surface area contributed by atoms with E-state index in [-0.39, 0.29) is 5.78 Å². The molecule has 0 aromatic heterocycles. The number of hydrogen-bond acceptors (Lipinski definition) is 7. The van der Waals surface area contributed by atoms with Crippen LogP contribution in [0, 0.1) is 5.41 Å². The van der Waals surface area contributed by atoms with Gasteiger partial charge >= 0.3 is 0 Å². The maximum atomic E-state index is 11.5. The molecule has 1 aromatic rings. The Morgan fingerprint density at radius 1 is 1.35 bits per heavy atom. The highest BCUT2D eigenvalue weighted by molar-refractivity contribution is 6.16. The van der Waals surface area contributed by atoms with E-state index in [4.69, 9.17) is 11.1 Å². The van der Waals surface area contributed by atoms with Gasteiger partial charge in [0.05, 0.1) is 5.71 Å². The van der Waals surface area contributed by atoms with Crippen molar-refractivity contribution in [3.63, 3.8) is 0 Å². The summed E-state index contributed by atoms with van der Waals surface area (Å²) in [6.45, 7) is 5.20. The van der Waals surface area contributed by atoms with Crippen LogP contribution >= 0.6 is 0 Å². The normalized spacial score (nSPS) is 23.6. The van der Waals surface area contributed by atoms with E-state index < -0.39 is 6.04 Å². The van der Waals surface area contributed by atoms with Gasteiger partial charge in [-0.05, 0) is 19.5 Å². The van der Waals surface area contributed by atoms with Gasteiger partial charge in [0.25, 0.3) is 0 Å². The predicted octanol–water partition coefficient (Wildman–Crippen LogP) is 0.673. The molecule has 7 nitrogen and oxygen atoms in total. The quantitative estimate of drug-likeness (QED) is 0.533. The number of amidine groups is 1. The molecule has 3 rings (SSSR count). The number of nitrogens with one attached hydrogen (secondary N) is 2. The van der Waals surface area contributed by atoms with Crippen molar-refractivity contribution in [1.82, 2.24) is 15.1 Å². The van der Waals surface area contributed by atoms with Crippen LogP contribution in [0.15, 0.2) is 41.7 Å². The Labute approximate surface area is 154 Å². The van der Waals surface area contributed by atoms with Crippen molar-refractivity contribution in [1.29, 1.82) is 5.41 Å². The Kier molecular flexibility index (Phi) is 5.49. The SMILES string of the molecule is CC(=O)c1ccc(C(=N)C2C(N)=NC=CN2CC2CNCCN2C)cc1. The molecule has 1 aromatic carbocycles. The average molecular weight is 354 g/mol. The second-order valence-electron chi connectivity index (χ2n) is 6.84. The summed E-state index contributed by atoms with van der Waals surface area (Å²) in [6, 6.07) is 7.05. The Morgan fingerprint density at radius 2 is 2.04 bits per heavy atom. The standard InChI is InChI=1S/C19H26N6O/c1-13(26)14-3-5-15(6-4-14)17(20)18-19(21)23-8-10-25(18)12-16-11-22-7-9-24(16)2/h3-6,8,10,16,18,20,22H,7,9,11-12H2,1-2H3,(H2,21,23). The Morgan fingerprint density at radius 3 is 2.69 bits per heavy atom. The number of aliphatic imine (C=N–C) groups is 1. The number of ketones is 1. The summed E-state index contributed by atoms with van der Waals surface area (Å²) in [4.78, 5) is 20.1. The van der Waals surface area contributed by atoms with Gasteiger partial charge in [0.2, 0.25) is 0 Å². The fraction of sp³-hybridized carbons (Fsp3) is 0.421. The number of benzene rings is 1. The van der Waals surface area contributed by atoms with E-state index in [0.29, 0.717) is 23.2 Å². The molecular formula is C19H26N6O. The van der Waals surface area contributed by atoms with Gasteiger partial charge in [-0.25, -0.2) is 4.99 Å². The van der Waals surface area contributed by atoms with Gasteiger partial charge in [-0.3, -0.25) is 9.69 Å². The van der Waals surface area contributed by atoms with Crippen molar-refractivity contribution in [3.8, 4) is 0 Å². The predicted molar refractivity (Wildman–Crippen MR) is 104 cm³/mol. The van der Waals surface area contributed by atoms with Crippen molar-refractivity contribution in [2.45, 2.75) is 19.0 Å². The molecule has 2 aliphatic rings. The lowest BCUT2D eigenvalue weighted by atomic mass is 9.98. The van der Waals surface area contributed by atoms with Crippen LogP contribution in [0.3, 0.4) is 0 Å². The zero-order valence-electron chi connectivity index (χ0n) is 15.3. The molecule has 0 amide bonds. The Balaban J connectivity index is 1.79. The molecular weight excluding hydrogens is 328 g/mol. The third kappa shape index (κ3) is 3.84. The fourth-order valence-electron chi connectivity index (χ4n) is 3.36. The molecule has 1 saturated heterocycles. The first kappa shape index (κ1) is 18.3. The third-order valence-electron chi connectivity index (χ3n) is 5.04. The highest BCUT2D eigenvalue weighted by Gasteiger charge is 2.30. The van der Waals surface area contributed by atoms with Crippen molar-refractivity contribution in [2.75, 3.05) is 33.2 Å². The minimum atomic E-state index is -0.404. The van der Waals surface area contributed by atoms with Crippen molar-refractivity contribution < 1.29 is 4.79 Å². The maximum absolute atomic E-state index is 11.5. The summed E-state index contributed by atoms with van der Waals surface area (Å²) in [5.41, 5.74) is 7.93. The molecule has 0 saturated carbocycles. The lowest BCUT2D eigenvalue weighted by Gasteiger charge is -2.40. The number of Topliss-reactive ketones (excluding diaryl/α,β-unsaturated/α-hetero) is 1. The summed E-state index contributed by atoms with van der Waals surface area (Å²) in [7, 11) is 2.12. The van der Waals surface area contributed by atoms with Crippen LogP contribution < -0.4 is 11.1 Å². The second kappa shape index (κ2) is 7.80. The largest absolute Gasteiger partial charge is 0.385 e. The zero-order chi connectivity index (χ0) is 18.7. The van der Waals surface area contributed by atoms with Crippen LogP contribution in [0.25, 0.3) is 0 Å². The summed E-state index contributed by atoms with van der Waals surface area (Å²) < 4.78 is 0. The molecule has 1 fully saturated rings. The van der Waals surface area contributed by atoms with E-state index in [9.17, 15) is 4.79 Å². The van der Waals surface area contributed by atoms with E-state index in [2.05, 4.69) is 27.2 Å². The van der Waals surface area contributed by atoms with Crippen LogP contribution in [0.4, 0.5) is 0 Å². The minimum Gasteiger partial charge on any atom is -0.385 e. The van der Waals surface area contributed by atoms with Crippen LogP contribution in [-0.2, 0) is 0 Å². The van der Waals surface area contributed by atoms with Crippen LogP contribution in [0.5, 0.6) is 0 Å². The fourth-order valence-corrected chi connectivity index (χ4v) is 3.36. The van der Waals surface area contributed by atoms with Crippen molar-refractivity contribution in [3.05, 3.63) is 47.8 Å². The number of piperazine rings is 1. The molecule has 0 aliphatic carbocycles. The number of hydrogen-bond donors (Lipinski definition) is 3. The molecule has 7 heteroatoms. The van der Waals surface area contributed by atoms with Gasteiger partial charge in [-0.1, -0.05) is 24.3 Å². The first-order valence-corrected chi connectivity index (χ1v) is 8.83. The third-order valence-corrected chi connectivity index (χ3v) is 5.04. The van der Waals surface area contributed by atoms with E-state index >= 15 is 0 Å². The van der Waals surface area contributed by atoms with E-state index in [1.54, 1.807) is 30.5 Å². The maximum Gasteiger partial charge on any atom is 0.159 e. The molecule has 4 N–H and O–H groups in total. The number of carbonyl (C=O) groups excluding carboxylic acids is 1. The number of carbonyl (C=O) groups is 1. The number of likely N-dealkylation sites (N-methyl/N-ethyl adjacent to an activating group) is 1. The highest BCUT2D eigenvalue weighted by Crippen LogP contribution is 2.17. The number of rotatable bonds is 5. The van der Waals surface area contributed by atoms with Crippen molar-refractivity contribution in [2.24, 2.45) is 10.7 Å². The highest BCUT2D eigenvalue weighted by atomic mass is 16.1. The lowest BCUT2D eigenvalue weighted by Crippen LogP contribution is -2.57. The Hall–Kier alpha value is -2.51. The molecule has 2 aliphatic heterocycles. The van der Waals surface area contributed by atoms with Gasteiger partial charge in [0.1, 0.15) is 11.9 Å². The van der Waals surface area contributed by atoms with Crippen LogP contribution in [0.2, 0.25) is 0 Å². The van der Waals surface area contributed by atoms with Crippen LogP contribution in [0.1, 0.15) is 22.8 Å². The first-order valence-electron chi connectivity index (χ1n) is 8.83. The van der Waals surface area contributed by atoms with E-state index in [0.717, 1.165) is 31.7 Å². The Bertz CT molecular complexity index is 739. The molecule has 0 radical (unpaired) electrons. The number of nitrogens with two attached hydrogens (primary N) is 1. The molecule has 26 heavy (non-hydrogen) atoms. The number of nitrogens with zero attached hydrogens (tertiary/aromatic N) is 3. The summed E-state index contributed by atoms with van der Waals surface area (Å²) in [6.07, 6.45) is 3.59. The molecule has 2 heterocycles. The van der Waals surface area contributed by atoms with Gasteiger partial charge in [-0.2, -0.15) is 0 Å². The van der Waals surface area contributed by atoms with Gasteiger partial charge in [0, 0.05) is 50.2 Å². The second-order valence-corrected chi connectivity index (χ2v) is 6.84. The summed E-state index contributed by atoms with van der Waals surface area (Å²) in [5.74, 6) is 0.429. The van der Waals surface area contributed by atoms with Gasteiger partial charge in [0.15, 0.2) is 5.78 Å². The first-order chi connectivity index (χ1) is 12.5. The smallest absolute Gasteiger partial charge is 0.159 e. The molecule has 0 spiro atoms. The van der Waals surface area contributed by atoms with Gasteiger partial charge < -0.3 is 21.4 Å². The summed E-state index contributed by atoms with van der Waals surface area (Å²) >= 11 is 0. The average Bonchev–Trinajstić information content (AvgIpc) is 2.63. The van der Waals surface area contributed by atoms with Crippen LogP contribution in [-0.4, -0.2) is 72.4 Å². The lowest BCUT2D eigenvalue weighted by molar-refractivity contribution is 0.101. The minimum absolute atomic E-state index is 0.0132. The monoisotopic (exact) mass is 354 g/mol. The van der Waals surface area contributed by atoms with Gasteiger partial charge in [-0.15, -0.1) is 0 Å². The van der Waals surface area contributed by atoms with E-state index in [1.165, 1.54) is 6.92 Å². The topological polar surface area (TPSA) is 97.8 Å². The van der Waals surface area contributed by atoms with E-state index in [1.807, 2.05) is 6.20 Å². The summed E-state index contributed by atoms with van der Waals surface area (Å²) in [5, 5.41) is 12.1. The zero-order valence-corrected chi connectivity index (χ0v) is 15.3. The van der Waals surface area contributed by atoms with Crippen molar-refractivity contribution >= 4 is 17.3 Å². The molecule has 0 bridgehead atoms. The molecule has 2 unspecified atom stereocenters. The molecule has 138 valence electrons. The molecule has 2 atom stereocenters.